The van der Waals surface area contributed by atoms with Gasteiger partial charge in [-0.1, -0.05) is 49.0 Å². The third-order valence-corrected chi connectivity index (χ3v) is 6.17. The van der Waals surface area contributed by atoms with Gasteiger partial charge in [0, 0.05) is 29.9 Å². The highest BCUT2D eigenvalue weighted by molar-refractivity contribution is 8.01. The largest absolute Gasteiger partial charge is 0.352 e. The number of Topliss-reactive ketones (excluding diaryl/α,β-unsaturated/α-hetero) is 1. The molecule has 0 spiro atoms. The molecule has 144 valence electrons. The molecular weight excluding hydrogens is 390 g/mol. The topological polar surface area (TPSA) is 72.0 Å². The molecule has 3 rings (SSSR count). The standard InChI is InChI=1S/C21H21N3O2S2/c1-2-15-5-7-17(8-6-15)19(25)14-28-21-24-18(13-27-21)10-20(26)23-12-16-4-3-9-22-11-16/h3-9,11,13H,2,10,12,14H2,1H3,(H,23,26). The molecular formula is C21H21N3O2S2. The molecule has 0 saturated carbocycles. The lowest BCUT2D eigenvalue weighted by molar-refractivity contribution is -0.120. The maximum atomic E-state index is 12.3. The number of pyridine rings is 1. The molecule has 5 nitrogen and oxygen atoms in total. The van der Waals surface area contributed by atoms with Gasteiger partial charge in [0.15, 0.2) is 10.1 Å². The van der Waals surface area contributed by atoms with Gasteiger partial charge >= 0.3 is 0 Å². The average Bonchev–Trinajstić information content (AvgIpc) is 3.18. The fourth-order valence-corrected chi connectivity index (χ4v) is 4.24. The molecule has 0 unspecified atom stereocenters. The van der Waals surface area contributed by atoms with Gasteiger partial charge in [-0.3, -0.25) is 14.6 Å². The fraction of sp³-hybridized carbons (Fsp3) is 0.238. The predicted molar refractivity (Wildman–Crippen MR) is 113 cm³/mol. The van der Waals surface area contributed by atoms with Crippen LogP contribution in [0.25, 0.3) is 0 Å². The minimum Gasteiger partial charge on any atom is -0.352 e. The van der Waals surface area contributed by atoms with Crippen LogP contribution in [0.1, 0.15) is 34.1 Å². The highest BCUT2D eigenvalue weighted by Gasteiger charge is 2.11. The number of aromatic nitrogens is 2. The Kier molecular flexibility index (Phi) is 7.33. The predicted octanol–water partition coefficient (Wildman–Crippen LogP) is 3.93. The van der Waals surface area contributed by atoms with Crippen molar-refractivity contribution in [3.63, 3.8) is 0 Å². The summed E-state index contributed by atoms with van der Waals surface area (Å²) >= 11 is 2.87. The Morgan fingerprint density at radius 2 is 1.96 bits per heavy atom. The number of rotatable bonds is 9. The highest BCUT2D eigenvalue weighted by atomic mass is 32.2. The Labute approximate surface area is 172 Å². The zero-order valence-corrected chi connectivity index (χ0v) is 17.2. The van der Waals surface area contributed by atoms with Gasteiger partial charge in [-0.2, -0.15) is 0 Å². The van der Waals surface area contributed by atoms with Crippen molar-refractivity contribution in [3.8, 4) is 0 Å². The second kappa shape index (κ2) is 10.1. The minimum atomic E-state index is -0.0854. The van der Waals surface area contributed by atoms with Gasteiger partial charge in [-0.15, -0.1) is 11.3 Å². The number of nitrogens with zero attached hydrogens (tertiary/aromatic N) is 2. The van der Waals surface area contributed by atoms with E-state index in [9.17, 15) is 9.59 Å². The van der Waals surface area contributed by atoms with Crippen LogP contribution in [0.2, 0.25) is 0 Å². The first-order valence-corrected chi connectivity index (χ1v) is 10.9. The first kappa shape index (κ1) is 20.2. The number of carbonyl (C=O) groups excluding carboxylic acids is 2. The van der Waals surface area contributed by atoms with Gasteiger partial charge in [0.1, 0.15) is 0 Å². The lowest BCUT2D eigenvalue weighted by Crippen LogP contribution is -2.24. The van der Waals surface area contributed by atoms with E-state index in [1.807, 2.05) is 41.8 Å². The summed E-state index contributed by atoms with van der Waals surface area (Å²) in [6, 6.07) is 11.5. The van der Waals surface area contributed by atoms with Crippen molar-refractivity contribution in [2.45, 2.75) is 30.6 Å². The second-order valence-electron chi connectivity index (χ2n) is 6.18. The van der Waals surface area contributed by atoms with Gasteiger partial charge in [-0.25, -0.2) is 4.98 Å². The maximum absolute atomic E-state index is 12.3. The molecule has 2 heterocycles. The van der Waals surface area contributed by atoms with Crippen LogP contribution in [0.15, 0.2) is 58.5 Å². The molecule has 28 heavy (non-hydrogen) atoms. The molecule has 0 aliphatic carbocycles. The summed E-state index contributed by atoms with van der Waals surface area (Å²) < 4.78 is 0.800. The zero-order valence-electron chi connectivity index (χ0n) is 15.6. The van der Waals surface area contributed by atoms with Crippen molar-refractivity contribution in [2.75, 3.05) is 5.75 Å². The number of thioether (sulfide) groups is 1. The van der Waals surface area contributed by atoms with Gasteiger partial charge in [0.25, 0.3) is 0 Å². The number of nitrogens with one attached hydrogen (secondary N) is 1. The van der Waals surface area contributed by atoms with E-state index in [0.29, 0.717) is 12.3 Å². The van der Waals surface area contributed by atoms with E-state index in [2.05, 4.69) is 22.2 Å². The summed E-state index contributed by atoms with van der Waals surface area (Å²) in [5.41, 5.74) is 3.61. The molecule has 0 aliphatic heterocycles. The molecule has 1 aromatic carbocycles. The lowest BCUT2D eigenvalue weighted by atomic mass is 10.1. The summed E-state index contributed by atoms with van der Waals surface area (Å²) in [6.07, 6.45) is 4.61. The summed E-state index contributed by atoms with van der Waals surface area (Å²) in [4.78, 5) is 32.9. The Morgan fingerprint density at radius 1 is 1.14 bits per heavy atom. The van der Waals surface area contributed by atoms with Crippen LogP contribution in [-0.4, -0.2) is 27.4 Å². The van der Waals surface area contributed by atoms with Crippen molar-refractivity contribution >= 4 is 34.8 Å². The lowest BCUT2D eigenvalue weighted by Gasteiger charge is -2.03. The number of thiazole rings is 1. The summed E-state index contributed by atoms with van der Waals surface area (Å²) in [7, 11) is 0. The molecule has 0 fully saturated rings. The monoisotopic (exact) mass is 411 g/mol. The molecule has 1 N–H and O–H groups in total. The van der Waals surface area contributed by atoms with Crippen LogP contribution in [0, 0.1) is 0 Å². The number of benzene rings is 1. The number of carbonyl (C=O) groups is 2. The molecule has 7 heteroatoms. The molecule has 0 saturated heterocycles. The smallest absolute Gasteiger partial charge is 0.226 e. The molecule has 0 atom stereocenters. The van der Waals surface area contributed by atoms with Crippen molar-refractivity contribution in [2.24, 2.45) is 0 Å². The van der Waals surface area contributed by atoms with Crippen LogP contribution in [-0.2, 0) is 24.2 Å². The molecule has 1 amide bonds. The second-order valence-corrected chi connectivity index (χ2v) is 8.26. The van der Waals surface area contributed by atoms with Crippen LogP contribution in [0.3, 0.4) is 0 Å². The van der Waals surface area contributed by atoms with E-state index in [1.54, 1.807) is 12.4 Å². The minimum absolute atomic E-state index is 0.0821. The van der Waals surface area contributed by atoms with Crippen LogP contribution >= 0.6 is 23.1 Å². The third-order valence-electron chi connectivity index (χ3n) is 4.10. The Hall–Kier alpha value is -2.51. The van der Waals surface area contributed by atoms with E-state index >= 15 is 0 Å². The number of hydrogen-bond acceptors (Lipinski definition) is 6. The van der Waals surface area contributed by atoms with Gasteiger partial charge in [0.2, 0.25) is 5.91 Å². The fourth-order valence-electron chi connectivity index (χ4n) is 2.50. The van der Waals surface area contributed by atoms with Gasteiger partial charge in [0.05, 0.1) is 17.9 Å². The van der Waals surface area contributed by atoms with Gasteiger partial charge in [-0.05, 0) is 23.6 Å². The normalized spacial score (nSPS) is 10.6. The summed E-state index contributed by atoms with van der Waals surface area (Å²) in [6.45, 7) is 2.54. The first-order chi connectivity index (χ1) is 13.6. The van der Waals surface area contributed by atoms with E-state index in [4.69, 9.17) is 0 Å². The van der Waals surface area contributed by atoms with E-state index < -0.39 is 0 Å². The molecule has 2 aromatic heterocycles. The molecule has 0 bridgehead atoms. The van der Waals surface area contributed by atoms with Gasteiger partial charge < -0.3 is 5.32 Å². The van der Waals surface area contributed by atoms with E-state index in [1.165, 1.54) is 28.7 Å². The maximum Gasteiger partial charge on any atom is 0.226 e. The van der Waals surface area contributed by atoms with Crippen molar-refractivity contribution in [1.82, 2.24) is 15.3 Å². The number of hydrogen-bond donors (Lipinski definition) is 1. The molecule has 0 aliphatic rings. The van der Waals surface area contributed by atoms with Crippen molar-refractivity contribution in [1.29, 1.82) is 0 Å². The third kappa shape index (κ3) is 6.00. The zero-order chi connectivity index (χ0) is 19.8. The van der Waals surface area contributed by atoms with Crippen molar-refractivity contribution < 1.29 is 9.59 Å². The number of aryl methyl sites for hydroxylation is 1. The van der Waals surface area contributed by atoms with Crippen LogP contribution in [0.4, 0.5) is 0 Å². The number of amides is 1. The molecule has 0 radical (unpaired) electrons. The van der Waals surface area contributed by atoms with E-state index in [-0.39, 0.29) is 18.1 Å². The van der Waals surface area contributed by atoms with Crippen LogP contribution < -0.4 is 5.32 Å². The quantitative estimate of drug-likeness (QED) is 0.427. The Balaban J connectivity index is 1.45. The first-order valence-electron chi connectivity index (χ1n) is 8.99. The Morgan fingerprint density at radius 3 is 2.68 bits per heavy atom. The molecule has 3 aromatic rings. The Bertz CT molecular complexity index is 924. The SMILES string of the molecule is CCc1ccc(C(=O)CSc2nc(CC(=O)NCc3cccnc3)cs2)cc1. The summed E-state index contributed by atoms with van der Waals surface area (Å²) in [5.74, 6) is 0.336. The van der Waals surface area contributed by atoms with E-state index in [0.717, 1.165) is 27.6 Å². The average molecular weight is 412 g/mol. The summed E-state index contributed by atoms with van der Waals surface area (Å²) in [5, 5.41) is 4.73. The van der Waals surface area contributed by atoms with Crippen LogP contribution in [0.5, 0.6) is 0 Å². The highest BCUT2D eigenvalue weighted by Crippen LogP contribution is 2.24. The van der Waals surface area contributed by atoms with Crippen molar-refractivity contribution in [3.05, 3.63) is 76.6 Å². The number of ketones is 1.